The molecule has 2 heterocycles. The Labute approximate surface area is 315 Å². The highest BCUT2D eigenvalue weighted by atomic mass is 16.5. The van der Waals surface area contributed by atoms with Crippen molar-refractivity contribution in [2.45, 2.75) is 134 Å². The number of allylic oxidation sites excluding steroid dienone is 2. The Bertz CT molecular complexity index is 1690. The van der Waals surface area contributed by atoms with E-state index in [0.717, 1.165) is 80.0 Å². The molecule has 2 saturated carbocycles. The Hall–Kier alpha value is -3.08. The molecule has 9 nitrogen and oxygen atoms in total. The number of benzene rings is 1. The quantitative estimate of drug-likeness (QED) is 0.0504. The molecule has 5 aliphatic rings. The van der Waals surface area contributed by atoms with Crippen molar-refractivity contribution in [1.29, 1.82) is 0 Å². The molecule has 8 rings (SSSR count). The van der Waals surface area contributed by atoms with Gasteiger partial charge < -0.3 is 45.6 Å². The molecule has 1 aromatic carbocycles. The summed E-state index contributed by atoms with van der Waals surface area (Å²) >= 11 is 0. The molecule has 8 N–H and O–H groups in total. The van der Waals surface area contributed by atoms with Crippen molar-refractivity contribution in [3.8, 4) is 11.5 Å². The van der Waals surface area contributed by atoms with Gasteiger partial charge in [0.05, 0.1) is 12.7 Å². The number of aromatic nitrogens is 1. The topological polar surface area (TPSA) is 157 Å². The van der Waals surface area contributed by atoms with E-state index in [2.05, 4.69) is 28.5 Å². The molecule has 3 aromatic rings. The summed E-state index contributed by atoms with van der Waals surface area (Å²) in [7, 11) is 0. The summed E-state index contributed by atoms with van der Waals surface area (Å²) in [6, 6.07) is 9.55. The van der Waals surface area contributed by atoms with E-state index < -0.39 is 12.2 Å². The molecule has 6 atom stereocenters. The zero-order chi connectivity index (χ0) is 37.0. The first-order chi connectivity index (χ1) is 25.8. The third-order valence-corrected chi connectivity index (χ3v) is 13.4. The van der Waals surface area contributed by atoms with Gasteiger partial charge in [0.2, 0.25) is 0 Å². The smallest absolute Gasteiger partial charge is 0.161 e. The van der Waals surface area contributed by atoms with Crippen LogP contribution in [0.4, 0.5) is 0 Å². The van der Waals surface area contributed by atoms with Crippen molar-refractivity contribution < 1.29 is 29.6 Å². The Kier molecular flexibility index (Phi) is 12.1. The number of furan rings is 1. The van der Waals surface area contributed by atoms with Gasteiger partial charge in [0.1, 0.15) is 24.2 Å². The van der Waals surface area contributed by atoms with E-state index in [1.807, 2.05) is 25.1 Å². The number of aliphatic hydroxyl groups excluding tert-OH is 3. The summed E-state index contributed by atoms with van der Waals surface area (Å²) < 4.78 is 12.3. The van der Waals surface area contributed by atoms with Crippen molar-refractivity contribution in [2.24, 2.45) is 22.5 Å². The van der Waals surface area contributed by atoms with Gasteiger partial charge in [-0.25, -0.2) is 0 Å². The number of hydrogen-bond acceptors (Lipinski definition) is 8. The molecule has 0 amide bonds. The summed E-state index contributed by atoms with van der Waals surface area (Å²) in [6.07, 6.45) is 20.3. The molecule has 9 heteroatoms. The van der Waals surface area contributed by atoms with Gasteiger partial charge in [0, 0.05) is 54.7 Å². The van der Waals surface area contributed by atoms with Gasteiger partial charge in [0.15, 0.2) is 11.5 Å². The fourth-order valence-electron chi connectivity index (χ4n) is 10.9. The van der Waals surface area contributed by atoms with E-state index in [-0.39, 0.29) is 35.7 Å². The van der Waals surface area contributed by atoms with Crippen LogP contribution in [0.5, 0.6) is 11.5 Å². The van der Waals surface area contributed by atoms with Crippen LogP contribution in [0.25, 0.3) is 0 Å². The molecular formula is C44H63N3O6. The molecule has 2 bridgehead atoms. The number of ether oxygens (including phenoxy) is 1. The molecule has 0 saturated heterocycles. The van der Waals surface area contributed by atoms with Crippen LogP contribution in [-0.4, -0.2) is 57.8 Å². The molecular weight excluding hydrogens is 666 g/mol. The number of aromatic hydroxyl groups is 1. The van der Waals surface area contributed by atoms with Crippen LogP contribution in [0, 0.1) is 16.7 Å². The first-order valence-corrected chi connectivity index (χ1v) is 20.6. The SMILES string of the molecule is C[C@H](O)CNC[C@H]1c2cc([C@@H](O)COc3cc(CCc4cc(CO)c(CCCCCCCN)o4)ccc3O)[nH]c2[C@H]2C=C[C@@]13CCC[C@@H]3C21CCCC1. The number of hydrogen-bond donors (Lipinski definition) is 7. The third kappa shape index (κ3) is 7.75. The highest BCUT2D eigenvalue weighted by Crippen LogP contribution is 2.72. The second kappa shape index (κ2) is 16.7. The number of phenols is 1. The molecule has 53 heavy (non-hydrogen) atoms. The minimum atomic E-state index is -0.894. The van der Waals surface area contributed by atoms with Crippen LogP contribution in [-0.2, 0) is 25.9 Å². The third-order valence-electron chi connectivity index (χ3n) is 13.4. The van der Waals surface area contributed by atoms with E-state index in [9.17, 15) is 20.4 Å². The second-order valence-corrected chi connectivity index (χ2v) is 16.7. The van der Waals surface area contributed by atoms with E-state index >= 15 is 0 Å². The second-order valence-electron chi connectivity index (χ2n) is 16.7. The lowest BCUT2D eigenvalue weighted by molar-refractivity contribution is 0.0440. The monoisotopic (exact) mass is 729 g/mol. The van der Waals surface area contributed by atoms with Crippen LogP contribution < -0.4 is 15.8 Å². The maximum atomic E-state index is 11.6. The number of unbranched alkanes of at least 4 members (excludes halogenated alkanes) is 4. The first-order valence-electron chi connectivity index (χ1n) is 20.6. The van der Waals surface area contributed by atoms with Crippen LogP contribution in [0.1, 0.15) is 142 Å². The summed E-state index contributed by atoms with van der Waals surface area (Å²) in [4.78, 5) is 3.75. The fourth-order valence-corrected chi connectivity index (χ4v) is 10.9. The molecule has 0 radical (unpaired) electrons. The van der Waals surface area contributed by atoms with Gasteiger partial charge >= 0.3 is 0 Å². The molecule has 0 unspecified atom stereocenters. The number of phenolic OH excluding ortho intramolecular Hbond substituents is 1. The summed E-state index contributed by atoms with van der Waals surface area (Å²) in [6.45, 7) is 3.90. The lowest BCUT2D eigenvalue weighted by Gasteiger charge is -2.52. The van der Waals surface area contributed by atoms with E-state index in [0.29, 0.717) is 37.0 Å². The standard InChI is InChI=1S/C44H63N3O6/c1-29(49)25-46-26-35-33-24-36(47-42(33)34-16-20-44(35)19-9-11-41(44)43(34)17-6-7-18-43)38(51)28-52-40-22-30(13-15-37(40)50)12-14-32-23-31(27-48)39(53-32)10-5-3-2-4-8-21-45/h13,15-16,20,22-24,29,34-35,38,41,46-51H,2-12,14,17-19,21,25-28,45H2,1H3/t29-,34+,35-,38-,41+,44-/m0/s1. The molecule has 290 valence electrons. The van der Waals surface area contributed by atoms with E-state index in [1.165, 1.54) is 56.2 Å². The molecule has 2 fully saturated rings. The molecule has 5 aliphatic carbocycles. The number of aryl methyl sites for hydroxylation is 3. The number of rotatable bonds is 19. The number of nitrogens with two attached hydrogens (primary N) is 1. The highest BCUT2D eigenvalue weighted by molar-refractivity contribution is 5.47. The number of aliphatic hydroxyl groups is 3. The average molecular weight is 730 g/mol. The Morgan fingerprint density at radius 1 is 1.00 bits per heavy atom. The molecule has 0 aliphatic heterocycles. The summed E-state index contributed by atoms with van der Waals surface area (Å²) in [5.41, 5.74) is 11.1. The van der Waals surface area contributed by atoms with E-state index in [4.69, 9.17) is 14.9 Å². The first kappa shape index (κ1) is 38.2. The van der Waals surface area contributed by atoms with Gasteiger partial charge in [0.25, 0.3) is 0 Å². The Balaban J connectivity index is 1.03. The normalized spacial score (nSPS) is 25.1. The van der Waals surface area contributed by atoms with Gasteiger partial charge in [-0.05, 0) is 111 Å². The van der Waals surface area contributed by atoms with Crippen LogP contribution >= 0.6 is 0 Å². The summed E-state index contributed by atoms with van der Waals surface area (Å²) in [5, 5.41) is 45.9. The van der Waals surface area contributed by atoms with Crippen molar-refractivity contribution >= 4 is 0 Å². The number of H-pyrrole nitrogens is 1. The van der Waals surface area contributed by atoms with Crippen molar-refractivity contribution in [3.05, 3.63) is 82.1 Å². The fraction of sp³-hybridized carbons (Fsp3) is 0.636. The predicted octanol–water partition coefficient (Wildman–Crippen LogP) is 7.22. The molecule has 2 spiro atoms. The van der Waals surface area contributed by atoms with Crippen LogP contribution in [0.15, 0.2) is 46.9 Å². The predicted molar refractivity (Wildman–Crippen MR) is 207 cm³/mol. The minimum Gasteiger partial charge on any atom is -0.504 e. The summed E-state index contributed by atoms with van der Waals surface area (Å²) in [5.74, 6) is 3.33. The van der Waals surface area contributed by atoms with Crippen molar-refractivity contribution in [3.63, 3.8) is 0 Å². The van der Waals surface area contributed by atoms with Gasteiger partial charge in [-0.15, -0.1) is 0 Å². The number of nitrogens with one attached hydrogen (secondary N) is 2. The van der Waals surface area contributed by atoms with Crippen molar-refractivity contribution in [1.82, 2.24) is 10.3 Å². The maximum Gasteiger partial charge on any atom is 0.161 e. The highest BCUT2D eigenvalue weighted by Gasteiger charge is 2.63. The number of aromatic amines is 1. The zero-order valence-electron chi connectivity index (χ0n) is 31.8. The lowest BCUT2D eigenvalue weighted by atomic mass is 9.52. The average Bonchev–Trinajstić information content (AvgIpc) is 3.96. The van der Waals surface area contributed by atoms with Gasteiger partial charge in [-0.3, -0.25) is 0 Å². The lowest BCUT2D eigenvalue weighted by Crippen LogP contribution is -2.46. The molecule has 2 aromatic heterocycles. The largest absolute Gasteiger partial charge is 0.504 e. The van der Waals surface area contributed by atoms with Gasteiger partial charge in [-0.2, -0.15) is 0 Å². The van der Waals surface area contributed by atoms with Gasteiger partial charge in [-0.1, -0.05) is 56.7 Å². The van der Waals surface area contributed by atoms with Crippen LogP contribution in [0.3, 0.4) is 0 Å². The van der Waals surface area contributed by atoms with Crippen molar-refractivity contribution in [2.75, 3.05) is 26.2 Å². The van der Waals surface area contributed by atoms with Crippen LogP contribution in [0.2, 0.25) is 0 Å². The maximum absolute atomic E-state index is 11.6. The zero-order valence-corrected chi connectivity index (χ0v) is 31.8. The Morgan fingerprint density at radius 3 is 2.60 bits per heavy atom. The minimum absolute atomic E-state index is 0.00833. The van der Waals surface area contributed by atoms with E-state index in [1.54, 1.807) is 6.07 Å². The Morgan fingerprint density at radius 2 is 1.81 bits per heavy atom.